The van der Waals surface area contributed by atoms with Gasteiger partial charge in [0, 0.05) is 10.6 Å². The van der Waals surface area contributed by atoms with Crippen LogP contribution >= 0.6 is 11.6 Å². The lowest BCUT2D eigenvalue weighted by atomic mass is 10.1. The number of aromatic nitrogens is 2. The number of fused-ring (bicyclic) bond motifs is 1. The molecule has 3 aromatic rings. The fourth-order valence-corrected chi connectivity index (χ4v) is 3.48. The summed E-state index contributed by atoms with van der Waals surface area (Å²) < 4.78 is 6.80. The molecule has 0 bridgehead atoms. The van der Waals surface area contributed by atoms with E-state index in [-0.39, 0.29) is 18.2 Å². The van der Waals surface area contributed by atoms with Crippen molar-refractivity contribution < 1.29 is 14.3 Å². The van der Waals surface area contributed by atoms with E-state index in [9.17, 15) is 9.59 Å². The van der Waals surface area contributed by atoms with E-state index in [1.54, 1.807) is 29.1 Å². The molecule has 2 amide bonds. The normalized spacial score (nSPS) is 15.0. The second kappa shape index (κ2) is 7.60. The first kappa shape index (κ1) is 19.0. The van der Waals surface area contributed by atoms with Crippen molar-refractivity contribution in [3.8, 4) is 16.9 Å². The van der Waals surface area contributed by atoms with E-state index in [1.807, 2.05) is 31.2 Å². The summed E-state index contributed by atoms with van der Waals surface area (Å²) in [5.74, 6) is 0.470. The molecule has 148 valence electrons. The number of hydrogen-bond donors (Lipinski definition) is 2. The van der Waals surface area contributed by atoms with E-state index in [0.717, 1.165) is 16.7 Å². The Balaban J connectivity index is 1.54. The number of nitrogens with one attached hydrogen (secondary N) is 2. The highest BCUT2D eigenvalue weighted by molar-refractivity contribution is 6.31. The van der Waals surface area contributed by atoms with Crippen LogP contribution in [0.1, 0.15) is 18.0 Å². The van der Waals surface area contributed by atoms with Crippen LogP contribution in [0.15, 0.2) is 48.7 Å². The maximum atomic E-state index is 12.6. The maximum Gasteiger partial charge on any atom is 0.251 e. The van der Waals surface area contributed by atoms with Gasteiger partial charge in [-0.15, -0.1) is 0 Å². The van der Waals surface area contributed by atoms with Gasteiger partial charge >= 0.3 is 0 Å². The number of carbonyl (C=O) groups excluding carboxylic acids is 2. The second-order valence-corrected chi connectivity index (χ2v) is 7.26. The zero-order valence-corrected chi connectivity index (χ0v) is 16.7. The molecular weight excluding hydrogens is 392 g/mol. The molecule has 1 aliphatic heterocycles. The van der Waals surface area contributed by atoms with Crippen molar-refractivity contribution in [3.05, 3.63) is 59.2 Å². The first-order valence-corrected chi connectivity index (χ1v) is 9.43. The number of carbonyl (C=O) groups is 2. The lowest BCUT2D eigenvalue weighted by Gasteiger charge is -2.12. The van der Waals surface area contributed by atoms with Gasteiger partial charge in [-0.3, -0.25) is 9.59 Å². The molecule has 0 fully saturated rings. The Morgan fingerprint density at radius 3 is 2.76 bits per heavy atom. The van der Waals surface area contributed by atoms with Crippen LogP contribution in [0.25, 0.3) is 11.1 Å². The van der Waals surface area contributed by atoms with Gasteiger partial charge in [0.25, 0.3) is 5.91 Å². The fourth-order valence-electron chi connectivity index (χ4n) is 3.31. The number of methoxy groups -OCH3 is 1. The lowest BCUT2D eigenvalue weighted by molar-refractivity contribution is -0.123. The van der Waals surface area contributed by atoms with Crippen molar-refractivity contribution in [1.82, 2.24) is 9.78 Å². The standard InChI is InChI=1S/C21H19ClN4O3/c1-12-3-5-13(6-4-12)15-11-23-26-17(21(28)25-20(15)26)10-19(27)24-16-9-14(22)7-8-18(16)29-2/h3-9,11,17H,10H2,1-2H3,(H,24,27)(H,25,28). The van der Waals surface area contributed by atoms with Gasteiger partial charge in [0.05, 0.1) is 25.4 Å². The molecule has 4 rings (SSSR count). The average Bonchev–Trinajstić information content (AvgIpc) is 3.22. The van der Waals surface area contributed by atoms with Gasteiger partial charge in [-0.1, -0.05) is 41.4 Å². The summed E-state index contributed by atoms with van der Waals surface area (Å²) in [5, 5.41) is 10.4. The highest BCUT2D eigenvalue weighted by Crippen LogP contribution is 2.36. The highest BCUT2D eigenvalue weighted by atomic mass is 35.5. The van der Waals surface area contributed by atoms with Crippen LogP contribution in [-0.2, 0) is 9.59 Å². The Morgan fingerprint density at radius 2 is 2.03 bits per heavy atom. The monoisotopic (exact) mass is 410 g/mol. The van der Waals surface area contributed by atoms with Gasteiger partial charge in [0.1, 0.15) is 17.6 Å². The topological polar surface area (TPSA) is 85.2 Å². The summed E-state index contributed by atoms with van der Waals surface area (Å²) in [4.78, 5) is 25.1. The minimum absolute atomic E-state index is 0.0660. The molecule has 1 aromatic heterocycles. The number of benzene rings is 2. The molecular formula is C21H19ClN4O3. The Hall–Kier alpha value is -3.32. The van der Waals surface area contributed by atoms with Crippen LogP contribution in [0.3, 0.4) is 0 Å². The Morgan fingerprint density at radius 1 is 1.28 bits per heavy atom. The Labute approximate surface area is 172 Å². The smallest absolute Gasteiger partial charge is 0.251 e. The number of aryl methyl sites for hydroxylation is 1. The summed E-state index contributed by atoms with van der Waals surface area (Å²) in [5.41, 5.74) is 3.36. The van der Waals surface area contributed by atoms with Crippen molar-refractivity contribution in [2.45, 2.75) is 19.4 Å². The third kappa shape index (κ3) is 3.69. The molecule has 0 spiro atoms. The second-order valence-electron chi connectivity index (χ2n) is 6.82. The van der Waals surface area contributed by atoms with Gasteiger partial charge in [-0.25, -0.2) is 4.68 Å². The van der Waals surface area contributed by atoms with Gasteiger partial charge in [-0.05, 0) is 30.7 Å². The number of anilines is 2. The van der Waals surface area contributed by atoms with Crippen molar-refractivity contribution in [2.24, 2.45) is 0 Å². The Bertz CT molecular complexity index is 1090. The molecule has 8 heteroatoms. The maximum absolute atomic E-state index is 12.6. The number of ether oxygens (including phenoxy) is 1. The van der Waals surface area contributed by atoms with Crippen LogP contribution < -0.4 is 15.4 Å². The molecule has 2 heterocycles. The molecule has 0 aliphatic carbocycles. The zero-order chi connectivity index (χ0) is 20.5. The highest BCUT2D eigenvalue weighted by Gasteiger charge is 2.35. The van der Waals surface area contributed by atoms with Crippen LogP contribution in [0.5, 0.6) is 5.75 Å². The molecule has 0 saturated carbocycles. The molecule has 29 heavy (non-hydrogen) atoms. The van der Waals surface area contributed by atoms with E-state index >= 15 is 0 Å². The van der Waals surface area contributed by atoms with E-state index in [1.165, 1.54) is 7.11 Å². The molecule has 1 atom stereocenters. The molecule has 2 N–H and O–H groups in total. The summed E-state index contributed by atoms with van der Waals surface area (Å²) in [7, 11) is 1.51. The average molecular weight is 411 g/mol. The molecule has 0 saturated heterocycles. The largest absolute Gasteiger partial charge is 0.495 e. The van der Waals surface area contributed by atoms with E-state index in [4.69, 9.17) is 16.3 Å². The molecule has 0 radical (unpaired) electrons. The molecule has 7 nitrogen and oxygen atoms in total. The minimum atomic E-state index is -0.727. The minimum Gasteiger partial charge on any atom is -0.495 e. The predicted octanol–water partition coefficient (Wildman–Crippen LogP) is 4.04. The summed E-state index contributed by atoms with van der Waals surface area (Å²) in [6.45, 7) is 2.01. The first-order chi connectivity index (χ1) is 14.0. The van der Waals surface area contributed by atoms with E-state index in [0.29, 0.717) is 22.3 Å². The molecule has 1 unspecified atom stereocenters. The lowest BCUT2D eigenvalue weighted by Crippen LogP contribution is -2.23. The van der Waals surface area contributed by atoms with Crippen LogP contribution in [0.4, 0.5) is 11.5 Å². The van der Waals surface area contributed by atoms with Crippen LogP contribution in [0, 0.1) is 6.92 Å². The number of rotatable bonds is 5. The van der Waals surface area contributed by atoms with Crippen molar-refractivity contribution >= 4 is 34.9 Å². The fraction of sp³-hybridized carbons (Fsp3) is 0.190. The quantitative estimate of drug-likeness (QED) is 0.664. The third-order valence-corrected chi connectivity index (χ3v) is 5.05. The third-order valence-electron chi connectivity index (χ3n) is 4.81. The number of hydrogen-bond acceptors (Lipinski definition) is 4. The summed E-state index contributed by atoms with van der Waals surface area (Å²) in [6.07, 6.45) is 1.63. The van der Waals surface area contributed by atoms with Crippen LogP contribution in [0.2, 0.25) is 5.02 Å². The SMILES string of the molecule is COc1ccc(Cl)cc1NC(=O)CC1C(=O)Nc2c(-c3ccc(C)cc3)cnn21. The van der Waals surface area contributed by atoms with Crippen LogP contribution in [-0.4, -0.2) is 28.7 Å². The van der Waals surface area contributed by atoms with E-state index < -0.39 is 6.04 Å². The Kier molecular flexibility index (Phi) is 4.98. The summed E-state index contributed by atoms with van der Waals surface area (Å²) in [6, 6.07) is 12.2. The number of nitrogens with zero attached hydrogens (tertiary/aromatic N) is 2. The van der Waals surface area contributed by atoms with Gasteiger partial charge < -0.3 is 15.4 Å². The first-order valence-electron chi connectivity index (χ1n) is 9.05. The zero-order valence-electron chi connectivity index (χ0n) is 15.9. The molecule has 2 aromatic carbocycles. The van der Waals surface area contributed by atoms with E-state index in [2.05, 4.69) is 15.7 Å². The van der Waals surface area contributed by atoms with Crippen molar-refractivity contribution in [2.75, 3.05) is 17.7 Å². The number of halogens is 1. The van der Waals surface area contributed by atoms with Gasteiger partial charge in [0.15, 0.2) is 0 Å². The summed E-state index contributed by atoms with van der Waals surface area (Å²) >= 11 is 6.00. The number of amides is 2. The van der Waals surface area contributed by atoms with Gasteiger partial charge in [0.2, 0.25) is 5.91 Å². The molecule has 1 aliphatic rings. The van der Waals surface area contributed by atoms with Crippen molar-refractivity contribution in [3.63, 3.8) is 0 Å². The van der Waals surface area contributed by atoms with Crippen molar-refractivity contribution in [1.29, 1.82) is 0 Å². The predicted molar refractivity (Wildman–Crippen MR) is 111 cm³/mol. The van der Waals surface area contributed by atoms with Gasteiger partial charge in [-0.2, -0.15) is 5.10 Å².